The fraction of sp³-hybridized carbons (Fsp3) is 0.133. The summed E-state index contributed by atoms with van der Waals surface area (Å²) in [5.74, 6) is 0.588. The predicted molar refractivity (Wildman–Crippen MR) is 81.5 cm³/mol. The quantitative estimate of drug-likeness (QED) is 0.602. The average Bonchev–Trinajstić information content (AvgIpc) is 2.41. The van der Waals surface area contributed by atoms with Crippen molar-refractivity contribution in [3.05, 3.63) is 57.5 Å². The maximum absolute atomic E-state index is 11.7. The summed E-state index contributed by atoms with van der Waals surface area (Å²) in [6.07, 6.45) is 0. The van der Waals surface area contributed by atoms with Crippen LogP contribution in [0.1, 0.15) is 5.56 Å². The molecule has 0 amide bonds. The van der Waals surface area contributed by atoms with Crippen molar-refractivity contribution in [2.45, 2.75) is 6.92 Å². The van der Waals surface area contributed by atoms with Gasteiger partial charge in [-0.15, -0.1) is 0 Å². The Kier molecular flexibility index (Phi) is 5.04. The molecule has 0 bridgehead atoms. The molecule has 0 aliphatic heterocycles. The highest BCUT2D eigenvalue weighted by Crippen LogP contribution is 2.21. The standard InChI is InChI=1S/C15H12BrClO3/c1-10-7-13(5-6-14(10)17)20-15(18)9-19-12-4-2-3-11(16)8-12/h2-8H,9H2,1H3. The minimum Gasteiger partial charge on any atom is -0.482 e. The normalized spacial score (nSPS) is 10.2. The third kappa shape index (κ3) is 4.25. The average molecular weight is 356 g/mol. The second kappa shape index (κ2) is 6.77. The number of halogens is 2. The molecule has 2 aromatic rings. The third-order valence-electron chi connectivity index (χ3n) is 2.51. The van der Waals surface area contributed by atoms with Crippen molar-refractivity contribution in [3.63, 3.8) is 0 Å². The van der Waals surface area contributed by atoms with Gasteiger partial charge >= 0.3 is 5.97 Å². The highest BCUT2D eigenvalue weighted by molar-refractivity contribution is 9.10. The number of carbonyl (C=O) groups excluding carboxylic acids is 1. The smallest absolute Gasteiger partial charge is 0.349 e. The van der Waals surface area contributed by atoms with Gasteiger partial charge in [-0.25, -0.2) is 4.79 Å². The Morgan fingerprint density at radius 3 is 2.70 bits per heavy atom. The van der Waals surface area contributed by atoms with E-state index in [1.807, 2.05) is 19.1 Å². The Bertz CT molecular complexity index is 628. The van der Waals surface area contributed by atoms with E-state index < -0.39 is 5.97 Å². The van der Waals surface area contributed by atoms with Crippen LogP contribution >= 0.6 is 27.5 Å². The van der Waals surface area contributed by atoms with Crippen molar-refractivity contribution < 1.29 is 14.3 Å². The molecule has 0 atom stereocenters. The van der Waals surface area contributed by atoms with Crippen LogP contribution in [-0.4, -0.2) is 12.6 Å². The molecule has 104 valence electrons. The SMILES string of the molecule is Cc1cc(OC(=O)COc2cccc(Br)c2)ccc1Cl. The van der Waals surface area contributed by atoms with E-state index in [-0.39, 0.29) is 6.61 Å². The van der Waals surface area contributed by atoms with Gasteiger partial charge in [0.2, 0.25) is 0 Å². The number of esters is 1. The van der Waals surface area contributed by atoms with Crippen molar-refractivity contribution in [2.24, 2.45) is 0 Å². The van der Waals surface area contributed by atoms with Crippen molar-refractivity contribution in [3.8, 4) is 11.5 Å². The molecule has 0 heterocycles. The van der Waals surface area contributed by atoms with Crippen LogP contribution in [0.5, 0.6) is 11.5 Å². The molecule has 0 N–H and O–H groups in total. The predicted octanol–water partition coefficient (Wildman–Crippen LogP) is 4.40. The molecule has 0 radical (unpaired) electrons. The zero-order chi connectivity index (χ0) is 14.5. The van der Waals surface area contributed by atoms with Gasteiger partial charge in [0.15, 0.2) is 6.61 Å². The molecule has 0 aliphatic carbocycles. The van der Waals surface area contributed by atoms with E-state index >= 15 is 0 Å². The van der Waals surface area contributed by atoms with Crippen LogP contribution < -0.4 is 9.47 Å². The molecule has 0 aromatic heterocycles. The van der Waals surface area contributed by atoms with E-state index in [2.05, 4.69) is 15.9 Å². The van der Waals surface area contributed by atoms with E-state index in [4.69, 9.17) is 21.1 Å². The molecule has 0 saturated heterocycles. The number of carbonyl (C=O) groups is 1. The maximum atomic E-state index is 11.7. The Balaban J connectivity index is 1.91. The lowest BCUT2D eigenvalue weighted by atomic mass is 10.2. The number of rotatable bonds is 4. The minimum atomic E-state index is -0.466. The minimum absolute atomic E-state index is 0.155. The van der Waals surface area contributed by atoms with Crippen LogP contribution in [0.3, 0.4) is 0 Å². The maximum Gasteiger partial charge on any atom is 0.349 e. The second-order valence-corrected chi connectivity index (χ2v) is 5.45. The zero-order valence-electron chi connectivity index (χ0n) is 10.7. The molecule has 0 fully saturated rings. The third-order valence-corrected chi connectivity index (χ3v) is 3.43. The first-order chi connectivity index (χ1) is 9.54. The number of ether oxygens (including phenoxy) is 2. The van der Waals surface area contributed by atoms with Gasteiger partial charge in [-0.3, -0.25) is 0 Å². The van der Waals surface area contributed by atoms with Gasteiger partial charge in [-0.1, -0.05) is 33.6 Å². The molecule has 0 aliphatic rings. The van der Waals surface area contributed by atoms with Gasteiger partial charge in [0.05, 0.1) is 0 Å². The van der Waals surface area contributed by atoms with Crippen molar-refractivity contribution in [1.29, 1.82) is 0 Å². The topological polar surface area (TPSA) is 35.5 Å². The molecular formula is C15H12BrClO3. The Morgan fingerprint density at radius 2 is 2.00 bits per heavy atom. The largest absolute Gasteiger partial charge is 0.482 e. The summed E-state index contributed by atoms with van der Waals surface area (Å²) >= 11 is 9.23. The summed E-state index contributed by atoms with van der Waals surface area (Å²) in [5.41, 5.74) is 0.852. The number of benzene rings is 2. The first-order valence-corrected chi connectivity index (χ1v) is 7.07. The molecular weight excluding hydrogens is 344 g/mol. The summed E-state index contributed by atoms with van der Waals surface area (Å²) in [5, 5.41) is 0.634. The van der Waals surface area contributed by atoms with Crippen LogP contribution in [-0.2, 0) is 4.79 Å². The number of hydrogen-bond acceptors (Lipinski definition) is 3. The van der Waals surface area contributed by atoms with Crippen molar-refractivity contribution in [2.75, 3.05) is 6.61 Å². The van der Waals surface area contributed by atoms with E-state index in [0.717, 1.165) is 10.0 Å². The van der Waals surface area contributed by atoms with Gasteiger partial charge in [-0.05, 0) is 48.9 Å². The van der Waals surface area contributed by atoms with Crippen molar-refractivity contribution in [1.82, 2.24) is 0 Å². The fourth-order valence-corrected chi connectivity index (χ4v) is 2.04. The highest BCUT2D eigenvalue weighted by atomic mass is 79.9. The number of aryl methyl sites for hydroxylation is 1. The monoisotopic (exact) mass is 354 g/mol. The number of hydrogen-bond donors (Lipinski definition) is 0. The van der Waals surface area contributed by atoms with Crippen molar-refractivity contribution >= 4 is 33.5 Å². The molecule has 2 aromatic carbocycles. The fourth-order valence-electron chi connectivity index (χ4n) is 1.54. The van der Waals surface area contributed by atoms with Crippen LogP contribution in [0.4, 0.5) is 0 Å². The lowest BCUT2D eigenvalue weighted by Gasteiger charge is -2.08. The highest BCUT2D eigenvalue weighted by Gasteiger charge is 2.07. The van der Waals surface area contributed by atoms with Crippen LogP contribution in [0.15, 0.2) is 46.9 Å². The van der Waals surface area contributed by atoms with Gasteiger partial charge in [0, 0.05) is 9.50 Å². The van der Waals surface area contributed by atoms with E-state index in [1.54, 1.807) is 30.3 Å². The van der Waals surface area contributed by atoms with Gasteiger partial charge in [0.25, 0.3) is 0 Å². The Labute approximate surface area is 130 Å². The molecule has 2 rings (SSSR count). The summed E-state index contributed by atoms with van der Waals surface area (Å²) in [7, 11) is 0. The molecule has 20 heavy (non-hydrogen) atoms. The Hall–Kier alpha value is -1.52. The zero-order valence-corrected chi connectivity index (χ0v) is 13.1. The molecule has 0 unspecified atom stereocenters. The molecule has 3 nitrogen and oxygen atoms in total. The van der Waals surface area contributed by atoms with Crippen LogP contribution in [0, 0.1) is 6.92 Å². The summed E-state index contributed by atoms with van der Waals surface area (Å²) < 4.78 is 11.4. The van der Waals surface area contributed by atoms with Gasteiger partial charge in [-0.2, -0.15) is 0 Å². The molecule has 0 spiro atoms. The van der Waals surface area contributed by atoms with E-state index in [1.165, 1.54) is 0 Å². The summed E-state index contributed by atoms with van der Waals surface area (Å²) in [4.78, 5) is 11.7. The molecule has 0 saturated carbocycles. The van der Waals surface area contributed by atoms with E-state index in [9.17, 15) is 4.79 Å². The van der Waals surface area contributed by atoms with E-state index in [0.29, 0.717) is 16.5 Å². The lowest BCUT2D eigenvalue weighted by Crippen LogP contribution is -2.17. The lowest BCUT2D eigenvalue weighted by molar-refractivity contribution is -0.136. The summed E-state index contributed by atoms with van der Waals surface area (Å²) in [6.45, 7) is 1.69. The second-order valence-electron chi connectivity index (χ2n) is 4.13. The van der Waals surface area contributed by atoms with Crippen LogP contribution in [0.2, 0.25) is 5.02 Å². The molecule has 5 heteroatoms. The first-order valence-electron chi connectivity index (χ1n) is 5.90. The van der Waals surface area contributed by atoms with Gasteiger partial charge < -0.3 is 9.47 Å². The Morgan fingerprint density at radius 1 is 1.20 bits per heavy atom. The summed E-state index contributed by atoms with van der Waals surface area (Å²) in [6, 6.07) is 12.3. The first kappa shape index (κ1) is 14.9. The van der Waals surface area contributed by atoms with Crippen LogP contribution in [0.25, 0.3) is 0 Å². The van der Waals surface area contributed by atoms with Gasteiger partial charge in [0.1, 0.15) is 11.5 Å².